The second-order valence-corrected chi connectivity index (χ2v) is 8.96. The molecule has 0 fully saturated rings. The number of para-hydroxylation sites is 1. The Morgan fingerprint density at radius 1 is 0.833 bits per heavy atom. The van der Waals surface area contributed by atoms with E-state index in [-0.39, 0.29) is 12.5 Å². The number of anilines is 1. The maximum atomic E-state index is 13.5. The normalized spacial score (nSPS) is 15.0. The van der Waals surface area contributed by atoms with Crippen LogP contribution in [0.4, 0.5) is 10.5 Å². The van der Waals surface area contributed by atoms with Gasteiger partial charge in [-0.1, -0.05) is 72.8 Å². The van der Waals surface area contributed by atoms with E-state index in [1.54, 1.807) is 0 Å². The van der Waals surface area contributed by atoms with Crippen LogP contribution in [-0.4, -0.2) is 22.9 Å². The summed E-state index contributed by atoms with van der Waals surface area (Å²) in [5.74, 6) is -0.267. The average molecular weight is 477 g/mol. The Kier molecular flexibility index (Phi) is 5.62. The van der Waals surface area contributed by atoms with Gasteiger partial charge in [-0.25, -0.2) is 4.79 Å². The lowest BCUT2D eigenvalue weighted by molar-refractivity contribution is -0.121. The van der Waals surface area contributed by atoms with Gasteiger partial charge in [0.25, 0.3) is 0 Å². The molecule has 1 aliphatic heterocycles. The number of carbonyl (C=O) groups is 2. The summed E-state index contributed by atoms with van der Waals surface area (Å²) in [5, 5.41) is 5.01. The molecular weight excluding hydrogens is 452 g/mol. The largest absolute Gasteiger partial charge is 0.456 e. The maximum absolute atomic E-state index is 13.5. The van der Waals surface area contributed by atoms with Crippen molar-refractivity contribution in [2.45, 2.75) is 25.6 Å². The molecule has 0 unspecified atom stereocenters. The van der Waals surface area contributed by atoms with Crippen LogP contribution in [0.2, 0.25) is 0 Å². The molecule has 0 radical (unpaired) electrons. The first-order chi connectivity index (χ1) is 17.7. The minimum Gasteiger partial charge on any atom is -0.456 e. The van der Waals surface area contributed by atoms with Gasteiger partial charge in [-0.2, -0.15) is 0 Å². The molecule has 0 saturated carbocycles. The van der Waals surface area contributed by atoms with Gasteiger partial charge < -0.3 is 14.5 Å². The molecular formula is C30H24N2O4. The van der Waals surface area contributed by atoms with Crippen LogP contribution >= 0.6 is 0 Å². The minimum absolute atomic E-state index is 0.148. The highest BCUT2D eigenvalue weighted by atomic mass is 16.6. The number of nitrogens with one attached hydrogen (secondary N) is 1. The number of carbonyl (C=O) groups excluding carboxylic acids is 2. The number of furan rings is 1. The molecule has 1 N–H and O–H groups in total. The van der Waals surface area contributed by atoms with Crippen LogP contribution in [0.15, 0.2) is 101 Å². The topological polar surface area (TPSA) is 71.8 Å². The van der Waals surface area contributed by atoms with Gasteiger partial charge in [0.05, 0.1) is 6.54 Å². The highest BCUT2D eigenvalue weighted by Crippen LogP contribution is 2.31. The fourth-order valence-corrected chi connectivity index (χ4v) is 4.78. The minimum atomic E-state index is -0.699. The van der Waals surface area contributed by atoms with Gasteiger partial charge in [-0.3, -0.25) is 9.69 Å². The molecule has 2 heterocycles. The third kappa shape index (κ3) is 4.18. The smallest absolute Gasteiger partial charge is 0.411 e. The summed E-state index contributed by atoms with van der Waals surface area (Å²) < 4.78 is 11.6. The van der Waals surface area contributed by atoms with E-state index in [2.05, 4.69) is 5.32 Å². The molecule has 6 rings (SSSR count). The lowest BCUT2D eigenvalue weighted by atomic mass is 9.94. The first-order valence-corrected chi connectivity index (χ1v) is 11.9. The zero-order valence-corrected chi connectivity index (χ0v) is 19.5. The summed E-state index contributed by atoms with van der Waals surface area (Å²) in [6, 6.07) is 30.1. The van der Waals surface area contributed by atoms with Gasteiger partial charge in [0.1, 0.15) is 23.8 Å². The van der Waals surface area contributed by atoms with Crippen LogP contribution in [0.25, 0.3) is 21.9 Å². The van der Waals surface area contributed by atoms with E-state index < -0.39 is 12.1 Å². The third-order valence-electron chi connectivity index (χ3n) is 6.64. The van der Waals surface area contributed by atoms with Crippen molar-refractivity contribution in [2.24, 2.45) is 0 Å². The van der Waals surface area contributed by atoms with Gasteiger partial charge in [0, 0.05) is 28.9 Å². The number of benzene rings is 4. The molecule has 0 saturated heterocycles. The Bertz CT molecular complexity index is 1570. The summed E-state index contributed by atoms with van der Waals surface area (Å²) in [5.41, 5.74) is 5.07. The van der Waals surface area contributed by atoms with E-state index in [1.807, 2.05) is 97.1 Å². The molecule has 0 spiro atoms. The number of hydrogen-bond acceptors (Lipinski definition) is 4. The maximum Gasteiger partial charge on any atom is 0.411 e. The van der Waals surface area contributed by atoms with Crippen LogP contribution in [0, 0.1) is 0 Å². The summed E-state index contributed by atoms with van der Waals surface area (Å²) in [4.78, 5) is 28.1. The summed E-state index contributed by atoms with van der Waals surface area (Å²) >= 11 is 0. The number of rotatable bonds is 4. The third-order valence-corrected chi connectivity index (χ3v) is 6.64. The van der Waals surface area contributed by atoms with Crippen LogP contribution in [0.1, 0.15) is 16.7 Å². The molecule has 0 bridgehead atoms. The standard InChI is InChI=1S/C30H24N2O4/c33-29(31-23-14-15-25-24-12-6-7-13-27(24)36-28(25)17-23)26-16-21-10-4-5-11-22(21)18-32(26)30(34)35-19-20-8-2-1-3-9-20/h1-15,17,26H,16,18-19H2,(H,31,33)/t26-/m1/s1. The molecule has 4 aromatic carbocycles. The fourth-order valence-electron chi connectivity index (χ4n) is 4.78. The number of hydrogen-bond donors (Lipinski definition) is 1. The van der Waals surface area contributed by atoms with Crippen molar-refractivity contribution in [1.29, 1.82) is 0 Å². The number of amides is 2. The highest BCUT2D eigenvalue weighted by Gasteiger charge is 2.35. The predicted molar refractivity (Wildman–Crippen MR) is 138 cm³/mol. The van der Waals surface area contributed by atoms with Gasteiger partial charge in [-0.05, 0) is 34.9 Å². The zero-order valence-electron chi connectivity index (χ0n) is 19.5. The Hall–Kier alpha value is -4.58. The Morgan fingerprint density at radius 3 is 2.42 bits per heavy atom. The molecule has 5 aromatic rings. The van der Waals surface area contributed by atoms with Crippen molar-refractivity contribution in [2.75, 3.05) is 5.32 Å². The highest BCUT2D eigenvalue weighted by molar-refractivity contribution is 6.06. The van der Waals surface area contributed by atoms with Crippen molar-refractivity contribution in [3.05, 3.63) is 114 Å². The Balaban J connectivity index is 1.25. The van der Waals surface area contributed by atoms with E-state index in [0.29, 0.717) is 24.2 Å². The Morgan fingerprint density at radius 2 is 1.56 bits per heavy atom. The number of nitrogens with zero attached hydrogens (tertiary/aromatic N) is 1. The van der Waals surface area contributed by atoms with E-state index in [4.69, 9.17) is 9.15 Å². The van der Waals surface area contributed by atoms with Crippen molar-refractivity contribution in [1.82, 2.24) is 4.90 Å². The molecule has 6 heteroatoms. The molecule has 2 amide bonds. The molecule has 0 aliphatic carbocycles. The second kappa shape index (κ2) is 9.23. The van der Waals surface area contributed by atoms with Crippen LogP contribution in [0.5, 0.6) is 0 Å². The summed E-state index contributed by atoms with van der Waals surface area (Å²) in [6.07, 6.45) is -0.101. The van der Waals surface area contributed by atoms with Crippen LogP contribution in [0.3, 0.4) is 0 Å². The molecule has 36 heavy (non-hydrogen) atoms. The SMILES string of the molecule is O=C(Nc1ccc2c(c1)oc1ccccc12)[C@H]1Cc2ccccc2CN1C(=O)OCc1ccccc1. The lowest BCUT2D eigenvalue weighted by Crippen LogP contribution is -2.50. The first kappa shape index (κ1) is 21.9. The fraction of sp³-hybridized carbons (Fsp3) is 0.133. The average Bonchev–Trinajstić information content (AvgIpc) is 3.29. The van der Waals surface area contributed by atoms with Gasteiger partial charge in [0.15, 0.2) is 0 Å². The molecule has 6 nitrogen and oxygen atoms in total. The van der Waals surface area contributed by atoms with E-state index in [1.165, 1.54) is 4.90 Å². The molecule has 178 valence electrons. The monoisotopic (exact) mass is 476 g/mol. The van der Waals surface area contributed by atoms with Crippen molar-refractivity contribution in [3.8, 4) is 0 Å². The predicted octanol–water partition coefficient (Wildman–Crippen LogP) is 6.29. The van der Waals surface area contributed by atoms with Gasteiger partial charge >= 0.3 is 6.09 Å². The van der Waals surface area contributed by atoms with E-state index >= 15 is 0 Å². The quantitative estimate of drug-likeness (QED) is 0.331. The molecule has 1 atom stereocenters. The van der Waals surface area contributed by atoms with Crippen LogP contribution < -0.4 is 5.32 Å². The Labute approximate surface area is 208 Å². The first-order valence-electron chi connectivity index (χ1n) is 11.9. The van der Waals surface area contributed by atoms with E-state index in [0.717, 1.165) is 33.0 Å². The lowest BCUT2D eigenvalue weighted by Gasteiger charge is -2.35. The van der Waals surface area contributed by atoms with Crippen LogP contribution in [-0.2, 0) is 29.1 Å². The zero-order chi connectivity index (χ0) is 24.5. The molecule has 1 aliphatic rings. The van der Waals surface area contributed by atoms with E-state index in [9.17, 15) is 9.59 Å². The number of fused-ring (bicyclic) bond motifs is 4. The summed E-state index contributed by atoms with van der Waals surface area (Å²) in [6.45, 7) is 0.458. The van der Waals surface area contributed by atoms with Gasteiger partial charge in [0.2, 0.25) is 5.91 Å². The van der Waals surface area contributed by atoms with Crippen molar-refractivity contribution < 1.29 is 18.7 Å². The van der Waals surface area contributed by atoms with Crippen molar-refractivity contribution in [3.63, 3.8) is 0 Å². The summed E-state index contributed by atoms with van der Waals surface area (Å²) in [7, 11) is 0. The van der Waals surface area contributed by atoms with Crippen molar-refractivity contribution >= 4 is 39.6 Å². The van der Waals surface area contributed by atoms with Gasteiger partial charge in [-0.15, -0.1) is 0 Å². The molecule has 1 aromatic heterocycles. The second-order valence-electron chi connectivity index (χ2n) is 8.96. The number of ether oxygens (including phenoxy) is 1.